The van der Waals surface area contributed by atoms with E-state index in [2.05, 4.69) is 22.0 Å². The number of rotatable bonds is 2. The van der Waals surface area contributed by atoms with Crippen LogP contribution in [0.5, 0.6) is 0 Å². The van der Waals surface area contributed by atoms with Crippen LogP contribution in [0.3, 0.4) is 0 Å². The number of likely N-dealkylation sites (tertiary alicyclic amines) is 1. The second-order valence-electron chi connectivity index (χ2n) is 7.83. The summed E-state index contributed by atoms with van der Waals surface area (Å²) in [5.74, 6) is 1.06. The highest BCUT2D eigenvalue weighted by Crippen LogP contribution is 2.33. The van der Waals surface area contributed by atoms with Gasteiger partial charge in [-0.1, -0.05) is 6.07 Å². The maximum atomic E-state index is 12.4. The van der Waals surface area contributed by atoms with Crippen LogP contribution in [0, 0.1) is 0 Å². The van der Waals surface area contributed by atoms with Gasteiger partial charge in [-0.3, -0.25) is 0 Å². The summed E-state index contributed by atoms with van der Waals surface area (Å²) in [6.45, 7) is 8.67. The smallest absolute Gasteiger partial charge is 0.410 e. The van der Waals surface area contributed by atoms with Crippen molar-refractivity contribution in [3.63, 3.8) is 0 Å². The topological polar surface area (TPSA) is 45.7 Å². The van der Waals surface area contributed by atoms with E-state index in [1.54, 1.807) is 0 Å². The first-order valence-corrected chi connectivity index (χ1v) is 9.14. The first-order chi connectivity index (χ1) is 11.4. The third-order valence-electron chi connectivity index (χ3n) is 4.72. The van der Waals surface area contributed by atoms with Crippen molar-refractivity contribution in [1.29, 1.82) is 0 Å². The maximum absolute atomic E-state index is 12.4. The fraction of sp³-hybridized carbons (Fsp3) is 0.684. The van der Waals surface area contributed by atoms with Gasteiger partial charge in [0.1, 0.15) is 11.4 Å². The minimum atomic E-state index is -0.458. The number of pyridine rings is 1. The highest BCUT2D eigenvalue weighted by atomic mass is 16.6. The summed E-state index contributed by atoms with van der Waals surface area (Å²) in [7, 11) is 0. The molecule has 5 heteroatoms. The Labute approximate surface area is 145 Å². The van der Waals surface area contributed by atoms with E-state index in [4.69, 9.17) is 4.74 Å². The highest BCUT2D eigenvalue weighted by molar-refractivity contribution is 5.69. The van der Waals surface area contributed by atoms with Crippen LogP contribution in [0.4, 0.5) is 10.6 Å². The molecular weight excluding hydrogens is 302 g/mol. The second kappa shape index (κ2) is 6.99. The van der Waals surface area contributed by atoms with Gasteiger partial charge in [-0.05, 0) is 64.5 Å². The molecule has 0 aliphatic carbocycles. The molecule has 2 aliphatic rings. The normalized spacial score (nSPS) is 21.9. The van der Waals surface area contributed by atoms with Crippen molar-refractivity contribution >= 4 is 11.9 Å². The van der Waals surface area contributed by atoms with E-state index in [9.17, 15) is 4.79 Å². The number of carbonyl (C=O) groups excluding carboxylic acids is 1. The van der Waals surface area contributed by atoms with E-state index >= 15 is 0 Å². The number of hydrogen-bond acceptors (Lipinski definition) is 4. The van der Waals surface area contributed by atoms with Gasteiger partial charge in [-0.25, -0.2) is 9.78 Å². The van der Waals surface area contributed by atoms with Gasteiger partial charge in [0.2, 0.25) is 0 Å². The zero-order valence-corrected chi connectivity index (χ0v) is 15.1. The van der Waals surface area contributed by atoms with Crippen LogP contribution in [0.15, 0.2) is 18.3 Å². The van der Waals surface area contributed by atoms with Crippen LogP contribution in [0.1, 0.15) is 64.5 Å². The average molecular weight is 331 g/mol. The minimum absolute atomic E-state index is 0.0859. The Bertz CT molecular complexity index is 559. The van der Waals surface area contributed by atoms with E-state index in [0.29, 0.717) is 0 Å². The lowest BCUT2D eigenvalue weighted by atomic mass is 10.1. The Kier molecular flexibility index (Phi) is 4.97. The molecule has 2 fully saturated rings. The molecule has 0 N–H and O–H groups in total. The molecular formula is C19H29N3O2. The van der Waals surface area contributed by atoms with Gasteiger partial charge < -0.3 is 14.5 Å². The molecule has 0 saturated carbocycles. The number of amides is 1. The summed E-state index contributed by atoms with van der Waals surface area (Å²) in [5.41, 5.74) is 0.653. The molecule has 0 bridgehead atoms. The highest BCUT2D eigenvalue weighted by Gasteiger charge is 2.33. The van der Waals surface area contributed by atoms with Crippen molar-refractivity contribution in [3.05, 3.63) is 23.9 Å². The van der Waals surface area contributed by atoms with Crippen molar-refractivity contribution < 1.29 is 9.53 Å². The molecule has 1 aromatic rings. The monoisotopic (exact) mass is 331 g/mol. The number of aromatic nitrogens is 1. The van der Waals surface area contributed by atoms with E-state index in [-0.39, 0.29) is 12.1 Å². The van der Waals surface area contributed by atoms with Crippen molar-refractivity contribution in [2.24, 2.45) is 0 Å². The Morgan fingerprint density at radius 2 is 1.88 bits per heavy atom. The van der Waals surface area contributed by atoms with Gasteiger partial charge in [0.05, 0.1) is 6.04 Å². The molecule has 24 heavy (non-hydrogen) atoms. The lowest BCUT2D eigenvalue weighted by Crippen LogP contribution is -2.36. The largest absolute Gasteiger partial charge is 0.444 e. The summed E-state index contributed by atoms with van der Waals surface area (Å²) in [4.78, 5) is 21.3. The number of carbonyl (C=O) groups is 1. The molecule has 0 spiro atoms. The lowest BCUT2D eigenvalue weighted by Gasteiger charge is -2.30. The Morgan fingerprint density at radius 3 is 2.50 bits per heavy atom. The minimum Gasteiger partial charge on any atom is -0.444 e. The summed E-state index contributed by atoms with van der Waals surface area (Å²) in [6.07, 6.45) is 7.53. The quantitative estimate of drug-likeness (QED) is 0.817. The van der Waals surface area contributed by atoms with Crippen LogP contribution < -0.4 is 4.90 Å². The molecule has 0 aromatic carbocycles. The van der Waals surface area contributed by atoms with Crippen molar-refractivity contribution in [2.75, 3.05) is 24.5 Å². The van der Waals surface area contributed by atoms with Crippen LogP contribution in [-0.2, 0) is 4.74 Å². The zero-order valence-electron chi connectivity index (χ0n) is 15.1. The van der Waals surface area contributed by atoms with E-state index in [1.807, 2.05) is 31.9 Å². The standard InChI is InChI=1S/C19H29N3O2/c1-19(2,3)24-18(23)22-13-7-8-16(22)15-9-10-17(20-14-15)21-11-5-4-6-12-21/h9-10,14,16H,4-8,11-13H2,1-3H3/t16-/m1/s1. The molecule has 132 valence electrons. The van der Waals surface area contributed by atoms with E-state index < -0.39 is 5.60 Å². The predicted octanol–water partition coefficient (Wildman–Crippen LogP) is 4.14. The number of nitrogens with zero attached hydrogens (tertiary/aromatic N) is 3. The molecule has 2 aliphatic heterocycles. The third-order valence-corrected chi connectivity index (χ3v) is 4.72. The van der Waals surface area contributed by atoms with Crippen molar-refractivity contribution in [3.8, 4) is 0 Å². The number of ether oxygens (including phenoxy) is 1. The molecule has 3 heterocycles. The maximum Gasteiger partial charge on any atom is 0.410 e. The summed E-state index contributed by atoms with van der Waals surface area (Å²) >= 11 is 0. The molecule has 2 saturated heterocycles. The van der Waals surface area contributed by atoms with Crippen molar-refractivity contribution in [2.45, 2.75) is 64.5 Å². The van der Waals surface area contributed by atoms with Gasteiger partial charge in [0.15, 0.2) is 0 Å². The van der Waals surface area contributed by atoms with Crippen molar-refractivity contribution in [1.82, 2.24) is 9.88 Å². The number of piperidine rings is 1. The summed E-state index contributed by atoms with van der Waals surface area (Å²) in [5, 5.41) is 0. The second-order valence-corrected chi connectivity index (χ2v) is 7.83. The van der Waals surface area contributed by atoms with Crippen LogP contribution in [-0.4, -0.2) is 41.2 Å². The third kappa shape index (κ3) is 4.00. The Balaban J connectivity index is 1.69. The van der Waals surface area contributed by atoms with Gasteiger partial charge in [-0.2, -0.15) is 0 Å². The van der Waals surface area contributed by atoms with Crippen LogP contribution in [0.2, 0.25) is 0 Å². The number of hydrogen-bond donors (Lipinski definition) is 0. The van der Waals surface area contributed by atoms with E-state index in [1.165, 1.54) is 19.3 Å². The molecule has 1 atom stereocenters. The predicted molar refractivity (Wildman–Crippen MR) is 95.2 cm³/mol. The fourth-order valence-corrected chi connectivity index (χ4v) is 3.56. The summed E-state index contributed by atoms with van der Waals surface area (Å²) < 4.78 is 5.55. The Morgan fingerprint density at radius 1 is 1.12 bits per heavy atom. The van der Waals surface area contributed by atoms with Gasteiger partial charge >= 0.3 is 6.09 Å². The lowest BCUT2D eigenvalue weighted by molar-refractivity contribution is 0.0224. The zero-order chi connectivity index (χ0) is 17.2. The molecule has 1 aromatic heterocycles. The molecule has 3 rings (SSSR count). The Hall–Kier alpha value is -1.78. The van der Waals surface area contributed by atoms with Crippen LogP contribution >= 0.6 is 0 Å². The van der Waals surface area contributed by atoms with Gasteiger partial charge in [-0.15, -0.1) is 0 Å². The van der Waals surface area contributed by atoms with Gasteiger partial charge in [0, 0.05) is 25.8 Å². The summed E-state index contributed by atoms with van der Waals surface area (Å²) in [6, 6.07) is 4.32. The van der Waals surface area contributed by atoms with Crippen LogP contribution in [0.25, 0.3) is 0 Å². The van der Waals surface area contributed by atoms with Gasteiger partial charge in [0.25, 0.3) is 0 Å². The van der Waals surface area contributed by atoms with E-state index in [0.717, 1.165) is 43.9 Å². The molecule has 0 unspecified atom stereocenters. The molecule has 5 nitrogen and oxygen atoms in total. The molecule has 1 amide bonds. The average Bonchev–Trinajstić information content (AvgIpc) is 3.04. The molecule has 0 radical (unpaired) electrons. The first-order valence-electron chi connectivity index (χ1n) is 9.14. The SMILES string of the molecule is CC(C)(C)OC(=O)N1CCC[C@@H]1c1ccc(N2CCCCC2)nc1. The fourth-order valence-electron chi connectivity index (χ4n) is 3.56. The number of anilines is 1. The first kappa shape index (κ1) is 17.1.